The van der Waals surface area contributed by atoms with Gasteiger partial charge in [-0.2, -0.15) is 5.26 Å². The van der Waals surface area contributed by atoms with Crippen LogP contribution in [0.5, 0.6) is 0 Å². The van der Waals surface area contributed by atoms with Crippen LogP contribution >= 0.6 is 0 Å². The van der Waals surface area contributed by atoms with Gasteiger partial charge in [0.2, 0.25) is 0 Å². The number of hydrogen-bond donors (Lipinski definition) is 1. The van der Waals surface area contributed by atoms with Crippen LogP contribution in [0.2, 0.25) is 0 Å². The maximum Gasteiger partial charge on any atom is 0.320 e. The molecule has 0 bridgehead atoms. The molecule has 1 aliphatic rings. The zero-order valence-corrected chi connectivity index (χ0v) is 6.86. The van der Waals surface area contributed by atoms with Crippen LogP contribution in [-0.4, -0.2) is 35.1 Å². The van der Waals surface area contributed by atoms with E-state index in [1.807, 2.05) is 6.07 Å². The minimum absolute atomic E-state index is 0.233. The van der Waals surface area contributed by atoms with Crippen molar-refractivity contribution in [1.29, 1.82) is 5.26 Å². The Morgan fingerprint density at radius 1 is 1.67 bits per heavy atom. The van der Waals surface area contributed by atoms with E-state index < -0.39 is 12.0 Å². The van der Waals surface area contributed by atoms with Crippen LogP contribution in [0.4, 0.5) is 0 Å². The monoisotopic (exact) mass is 168 g/mol. The van der Waals surface area contributed by atoms with Crippen molar-refractivity contribution in [1.82, 2.24) is 4.90 Å². The van der Waals surface area contributed by atoms with Gasteiger partial charge in [0, 0.05) is 6.54 Å². The Hall–Kier alpha value is -1.08. The van der Waals surface area contributed by atoms with Crippen molar-refractivity contribution in [3.05, 3.63) is 0 Å². The lowest BCUT2D eigenvalue weighted by atomic mass is 10.0. The van der Waals surface area contributed by atoms with Gasteiger partial charge in [0.05, 0.1) is 12.6 Å². The van der Waals surface area contributed by atoms with Crippen molar-refractivity contribution in [2.24, 2.45) is 0 Å². The average molecular weight is 168 g/mol. The molecular formula is C8H12N2O2. The van der Waals surface area contributed by atoms with Crippen molar-refractivity contribution in [3.8, 4) is 6.07 Å². The van der Waals surface area contributed by atoms with Crippen molar-refractivity contribution in [3.63, 3.8) is 0 Å². The van der Waals surface area contributed by atoms with Gasteiger partial charge in [-0.3, -0.25) is 9.69 Å². The zero-order valence-electron chi connectivity index (χ0n) is 6.86. The summed E-state index contributed by atoms with van der Waals surface area (Å²) in [6.45, 7) is 0.974. The number of nitriles is 1. The van der Waals surface area contributed by atoms with Crippen LogP contribution < -0.4 is 0 Å². The zero-order chi connectivity index (χ0) is 8.97. The van der Waals surface area contributed by atoms with Gasteiger partial charge >= 0.3 is 5.97 Å². The van der Waals surface area contributed by atoms with Crippen molar-refractivity contribution in [2.75, 3.05) is 13.1 Å². The topological polar surface area (TPSA) is 64.3 Å². The summed E-state index contributed by atoms with van der Waals surface area (Å²) in [5.41, 5.74) is 0. The van der Waals surface area contributed by atoms with Crippen LogP contribution in [0.25, 0.3) is 0 Å². The van der Waals surface area contributed by atoms with Crippen LogP contribution in [-0.2, 0) is 4.79 Å². The third-order valence-corrected chi connectivity index (χ3v) is 2.17. The Bertz CT molecular complexity index is 210. The number of likely N-dealkylation sites (tertiary alicyclic amines) is 1. The van der Waals surface area contributed by atoms with E-state index in [1.165, 1.54) is 0 Å². The highest BCUT2D eigenvalue weighted by Gasteiger charge is 2.27. The molecule has 0 aromatic carbocycles. The molecule has 0 aromatic heterocycles. The van der Waals surface area contributed by atoms with E-state index in [9.17, 15) is 4.79 Å². The third kappa shape index (κ3) is 1.95. The summed E-state index contributed by atoms with van der Waals surface area (Å²) >= 11 is 0. The van der Waals surface area contributed by atoms with Crippen molar-refractivity contribution < 1.29 is 9.90 Å². The number of aliphatic carboxylic acids is 1. The highest BCUT2D eigenvalue weighted by Crippen LogP contribution is 2.16. The molecule has 1 N–H and O–H groups in total. The number of rotatable bonds is 2. The number of carboxylic acid groups (broad SMARTS) is 1. The summed E-state index contributed by atoms with van der Waals surface area (Å²) in [5.74, 6) is -0.801. The lowest BCUT2D eigenvalue weighted by molar-refractivity contribution is -0.144. The van der Waals surface area contributed by atoms with E-state index in [4.69, 9.17) is 10.4 Å². The van der Waals surface area contributed by atoms with Crippen LogP contribution in [0.3, 0.4) is 0 Å². The molecule has 0 amide bonds. The molecule has 1 rings (SSSR count). The second-order valence-corrected chi connectivity index (χ2v) is 2.98. The molecule has 12 heavy (non-hydrogen) atoms. The standard InChI is InChI=1S/C8H12N2O2/c9-4-6-10-5-2-1-3-7(10)8(11)12/h7H,1-3,5-6H2,(H,11,12). The molecule has 66 valence electrons. The SMILES string of the molecule is N#CCN1CCCCC1C(=O)O. The first-order valence-electron chi connectivity index (χ1n) is 4.09. The van der Waals surface area contributed by atoms with E-state index in [2.05, 4.69) is 0 Å². The molecule has 1 atom stereocenters. The van der Waals surface area contributed by atoms with E-state index in [0.29, 0.717) is 6.42 Å². The average Bonchev–Trinajstić information content (AvgIpc) is 2.05. The molecule has 4 heteroatoms. The Labute approximate surface area is 71.4 Å². The lowest BCUT2D eigenvalue weighted by Gasteiger charge is -2.30. The molecule has 0 radical (unpaired) electrons. The molecule has 1 aliphatic heterocycles. The molecule has 1 saturated heterocycles. The first-order chi connectivity index (χ1) is 5.75. The predicted molar refractivity (Wildman–Crippen MR) is 42.5 cm³/mol. The van der Waals surface area contributed by atoms with Gasteiger partial charge in [-0.1, -0.05) is 6.42 Å². The Kier molecular flexibility index (Phi) is 3.06. The van der Waals surface area contributed by atoms with Gasteiger partial charge < -0.3 is 5.11 Å². The highest BCUT2D eigenvalue weighted by atomic mass is 16.4. The Morgan fingerprint density at radius 3 is 3.00 bits per heavy atom. The van der Waals surface area contributed by atoms with Gasteiger partial charge in [-0.05, 0) is 12.8 Å². The molecule has 1 unspecified atom stereocenters. The van der Waals surface area contributed by atoms with E-state index in [-0.39, 0.29) is 6.54 Å². The normalized spacial score (nSPS) is 24.8. The molecule has 0 saturated carbocycles. The third-order valence-electron chi connectivity index (χ3n) is 2.17. The maximum atomic E-state index is 10.7. The number of carboxylic acids is 1. The van der Waals surface area contributed by atoms with Gasteiger partial charge in [0.1, 0.15) is 6.04 Å². The van der Waals surface area contributed by atoms with Crippen LogP contribution in [0.15, 0.2) is 0 Å². The number of carbonyl (C=O) groups is 1. The highest BCUT2D eigenvalue weighted by molar-refractivity contribution is 5.73. The van der Waals surface area contributed by atoms with E-state index in [1.54, 1.807) is 4.90 Å². The number of piperidine rings is 1. The first kappa shape index (κ1) is 9.01. The minimum atomic E-state index is -0.801. The summed E-state index contributed by atoms with van der Waals surface area (Å²) in [6.07, 6.45) is 2.64. The summed E-state index contributed by atoms with van der Waals surface area (Å²) in [4.78, 5) is 12.4. The summed E-state index contributed by atoms with van der Waals surface area (Å²) in [7, 11) is 0. The molecule has 0 spiro atoms. The van der Waals surface area contributed by atoms with Crippen molar-refractivity contribution >= 4 is 5.97 Å². The van der Waals surface area contributed by atoms with Gasteiger partial charge in [0.25, 0.3) is 0 Å². The summed E-state index contributed by atoms with van der Waals surface area (Å²) in [6, 6.07) is 1.55. The van der Waals surface area contributed by atoms with Crippen molar-refractivity contribution in [2.45, 2.75) is 25.3 Å². The lowest BCUT2D eigenvalue weighted by Crippen LogP contribution is -2.44. The largest absolute Gasteiger partial charge is 0.480 e. The minimum Gasteiger partial charge on any atom is -0.480 e. The van der Waals surface area contributed by atoms with Crippen LogP contribution in [0.1, 0.15) is 19.3 Å². The molecule has 4 nitrogen and oxygen atoms in total. The smallest absolute Gasteiger partial charge is 0.320 e. The van der Waals surface area contributed by atoms with Gasteiger partial charge in [0.15, 0.2) is 0 Å². The summed E-state index contributed by atoms with van der Waals surface area (Å²) in [5, 5.41) is 17.2. The van der Waals surface area contributed by atoms with Gasteiger partial charge in [-0.25, -0.2) is 0 Å². The predicted octanol–water partition coefficient (Wildman–Crippen LogP) is 0.449. The fourth-order valence-electron chi connectivity index (χ4n) is 1.55. The second kappa shape index (κ2) is 4.07. The Morgan fingerprint density at radius 2 is 2.42 bits per heavy atom. The summed E-state index contributed by atoms with van der Waals surface area (Å²) < 4.78 is 0. The fraction of sp³-hybridized carbons (Fsp3) is 0.750. The molecule has 0 aliphatic carbocycles. The van der Waals surface area contributed by atoms with E-state index >= 15 is 0 Å². The number of nitrogens with zero attached hydrogens (tertiary/aromatic N) is 2. The van der Waals surface area contributed by atoms with Gasteiger partial charge in [-0.15, -0.1) is 0 Å². The molecule has 0 aromatic rings. The molecule has 1 heterocycles. The maximum absolute atomic E-state index is 10.7. The molecule has 1 fully saturated rings. The Balaban J connectivity index is 2.55. The second-order valence-electron chi connectivity index (χ2n) is 2.98. The molecular weight excluding hydrogens is 156 g/mol. The number of hydrogen-bond acceptors (Lipinski definition) is 3. The first-order valence-corrected chi connectivity index (χ1v) is 4.09. The van der Waals surface area contributed by atoms with E-state index in [0.717, 1.165) is 19.4 Å². The quantitative estimate of drug-likeness (QED) is 0.608. The van der Waals surface area contributed by atoms with Crippen LogP contribution in [0, 0.1) is 11.3 Å². The fourth-order valence-corrected chi connectivity index (χ4v) is 1.55.